The maximum Gasteiger partial charge on any atom is 0.338 e. The molecule has 1 aliphatic carbocycles. The van der Waals surface area contributed by atoms with Crippen molar-refractivity contribution in [2.45, 2.75) is 18.9 Å². The number of ether oxygens (including phenoxy) is 1. The minimum absolute atomic E-state index is 0.125. The summed E-state index contributed by atoms with van der Waals surface area (Å²) in [4.78, 5) is 11.9. The predicted octanol–water partition coefficient (Wildman–Crippen LogP) is 1.84. The molecule has 90 valence electrons. The number of esters is 1. The Morgan fingerprint density at radius 1 is 1.12 bits per heavy atom. The molecular formula is C14H17NO2. The Hall–Kier alpha value is -1.35. The summed E-state index contributed by atoms with van der Waals surface area (Å²) in [6.45, 7) is 2.17. The Bertz CT molecular complexity index is 392. The molecule has 3 heteroatoms. The van der Waals surface area contributed by atoms with E-state index in [2.05, 4.69) is 5.32 Å². The number of fused-ring (bicyclic) bond motifs is 1. The van der Waals surface area contributed by atoms with Crippen molar-refractivity contribution in [3.8, 4) is 0 Å². The third kappa shape index (κ3) is 2.20. The molecule has 1 N–H and O–H groups in total. The molecule has 2 fully saturated rings. The minimum Gasteiger partial charge on any atom is -0.459 e. The van der Waals surface area contributed by atoms with E-state index in [1.54, 1.807) is 12.1 Å². The molecule has 17 heavy (non-hydrogen) atoms. The Morgan fingerprint density at radius 3 is 2.41 bits per heavy atom. The molecule has 0 amide bonds. The lowest BCUT2D eigenvalue weighted by atomic mass is 10.0. The van der Waals surface area contributed by atoms with Gasteiger partial charge in [0.1, 0.15) is 6.10 Å². The molecule has 1 saturated carbocycles. The summed E-state index contributed by atoms with van der Waals surface area (Å²) in [5.41, 5.74) is 0.655. The highest BCUT2D eigenvalue weighted by atomic mass is 16.5. The summed E-state index contributed by atoms with van der Waals surface area (Å²) in [6.07, 6.45) is 2.17. The van der Waals surface area contributed by atoms with Crippen LogP contribution in [0.15, 0.2) is 30.3 Å². The van der Waals surface area contributed by atoms with Gasteiger partial charge in [-0.25, -0.2) is 4.79 Å². The van der Waals surface area contributed by atoms with E-state index in [0.29, 0.717) is 17.4 Å². The van der Waals surface area contributed by atoms with Crippen LogP contribution in [0.3, 0.4) is 0 Å². The van der Waals surface area contributed by atoms with Crippen LogP contribution in [0.1, 0.15) is 23.2 Å². The molecule has 1 heterocycles. The van der Waals surface area contributed by atoms with Gasteiger partial charge < -0.3 is 10.1 Å². The SMILES string of the molecule is O=C(OC1CC2CNCC2C1)c1ccccc1. The Labute approximate surface area is 101 Å². The van der Waals surface area contributed by atoms with Gasteiger partial charge in [-0.05, 0) is 49.9 Å². The van der Waals surface area contributed by atoms with Crippen molar-refractivity contribution in [1.29, 1.82) is 0 Å². The second-order valence-corrected chi connectivity index (χ2v) is 5.04. The van der Waals surface area contributed by atoms with E-state index < -0.39 is 0 Å². The monoisotopic (exact) mass is 231 g/mol. The van der Waals surface area contributed by atoms with Crippen molar-refractivity contribution < 1.29 is 9.53 Å². The standard InChI is InChI=1S/C14H17NO2/c16-14(10-4-2-1-3-5-10)17-13-6-11-8-15-9-12(11)7-13/h1-5,11-13,15H,6-9H2. The average molecular weight is 231 g/mol. The zero-order chi connectivity index (χ0) is 11.7. The summed E-state index contributed by atoms with van der Waals surface area (Å²) in [5.74, 6) is 1.25. The van der Waals surface area contributed by atoms with Crippen LogP contribution in [-0.2, 0) is 4.74 Å². The van der Waals surface area contributed by atoms with Crippen LogP contribution in [0.4, 0.5) is 0 Å². The number of carbonyl (C=O) groups is 1. The number of hydrogen-bond donors (Lipinski definition) is 1. The molecule has 2 unspecified atom stereocenters. The first-order valence-corrected chi connectivity index (χ1v) is 6.29. The fourth-order valence-corrected chi connectivity index (χ4v) is 3.00. The fourth-order valence-electron chi connectivity index (χ4n) is 3.00. The van der Waals surface area contributed by atoms with Crippen molar-refractivity contribution in [3.05, 3.63) is 35.9 Å². The average Bonchev–Trinajstić information content (AvgIpc) is 2.90. The molecular weight excluding hydrogens is 214 g/mol. The van der Waals surface area contributed by atoms with E-state index in [1.165, 1.54) is 0 Å². The number of benzene rings is 1. The molecule has 2 atom stereocenters. The van der Waals surface area contributed by atoms with Gasteiger partial charge in [0.2, 0.25) is 0 Å². The fraction of sp³-hybridized carbons (Fsp3) is 0.500. The minimum atomic E-state index is -0.177. The van der Waals surface area contributed by atoms with Gasteiger partial charge in [0.05, 0.1) is 5.56 Å². The zero-order valence-electron chi connectivity index (χ0n) is 9.76. The maximum atomic E-state index is 11.9. The number of hydrogen-bond acceptors (Lipinski definition) is 3. The number of carbonyl (C=O) groups excluding carboxylic acids is 1. The molecule has 1 aromatic rings. The quantitative estimate of drug-likeness (QED) is 0.789. The van der Waals surface area contributed by atoms with Crippen LogP contribution in [0.25, 0.3) is 0 Å². The van der Waals surface area contributed by atoms with Crippen LogP contribution in [-0.4, -0.2) is 25.2 Å². The van der Waals surface area contributed by atoms with E-state index >= 15 is 0 Å². The van der Waals surface area contributed by atoms with Crippen molar-refractivity contribution in [2.75, 3.05) is 13.1 Å². The van der Waals surface area contributed by atoms with Gasteiger partial charge in [-0.15, -0.1) is 0 Å². The Balaban J connectivity index is 1.60. The molecule has 0 spiro atoms. The van der Waals surface area contributed by atoms with Crippen LogP contribution >= 0.6 is 0 Å². The van der Waals surface area contributed by atoms with Crippen molar-refractivity contribution in [1.82, 2.24) is 5.32 Å². The molecule has 3 rings (SSSR count). The third-order valence-electron chi connectivity index (χ3n) is 3.89. The highest BCUT2D eigenvalue weighted by molar-refractivity contribution is 5.89. The lowest BCUT2D eigenvalue weighted by Gasteiger charge is -2.13. The van der Waals surface area contributed by atoms with E-state index in [1.807, 2.05) is 18.2 Å². The van der Waals surface area contributed by atoms with Crippen LogP contribution in [0.5, 0.6) is 0 Å². The normalized spacial score (nSPS) is 31.2. The molecule has 0 bridgehead atoms. The van der Waals surface area contributed by atoms with Gasteiger partial charge in [-0.2, -0.15) is 0 Å². The lowest BCUT2D eigenvalue weighted by molar-refractivity contribution is 0.0301. The zero-order valence-corrected chi connectivity index (χ0v) is 9.76. The van der Waals surface area contributed by atoms with Gasteiger partial charge >= 0.3 is 5.97 Å². The first-order valence-electron chi connectivity index (χ1n) is 6.29. The summed E-state index contributed by atoms with van der Waals surface area (Å²) in [7, 11) is 0. The van der Waals surface area contributed by atoms with Gasteiger partial charge in [-0.1, -0.05) is 18.2 Å². The van der Waals surface area contributed by atoms with Crippen LogP contribution < -0.4 is 5.32 Å². The first kappa shape index (κ1) is 10.8. The topological polar surface area (TPSA) is 38.3 Å². The maximum absolute atomic E-state index is 11.9. The molecule has 3 nitrogen and oxygen atoms in total. The Kier molecular flexibility index (Phi) is 2.85. The highest BCUT2D eigenvalue weighted by Gasteiger charge is 2.39. The summed E-state index contributed by atoms with van der Waals surface area (Å²) in [5, 5.41) is 3.39. The lowest BCUT2D eigenvalue weighted by Crippen LogP contribution is -2.19. The molecule has 1 aliphatic heterocycles. The van der Waals surface area contributed by atoms with Gasteiger partial charge in [0, 0.05) is 0 Å². The Morgan fingerprint density at radius 2 is 1.76 bits per heavy atom. The number of nitrogens with one attached hydrogen (secondary N) is 1. The summed E-state index contributed by atoms with van der Waals surface area (Å²) in [6, 6.07) is 9.25. The molecule has 1 aromatic carbocycles. The molecule has 0 aromatic heterocycles. The summed E-state index contributed by atoms with van der Waals surface area (Å²) < 4.78 is 5.57. The van der Waals surface area contributed by atoms with Crippen molar-refractivity contribution in [2.24, 2.45) is 11.8 Å². The van der Waals surface area contributed by atoms with Crippen molar-refractivity contribution in [3.63, 3.8) is 0 Å². The third-order valence-corrected chi connectivity index (χ3v) is 3.89. The first-order chi connectivity index (χ1) is 8.33. The van der Waals surface area contributed by atoms with Gasteiger partial charge in [-0.3, -0.25) is 0 Å². The van der Waals surface area contributed by atoms with Gasteiger partial charge in [0.15, 0.2) is 0 Å². The molecule has 1 saturated heterocycles. The smallest absolute Gasteiger partial charge is 0.338 e. The second kappa shape index (κ2) is 4.49. The van der Waals surface area contributed by atoms with Gasteiger partial charge in [0.25, 0.3) is 0 Å². The van der Waals surface area contributed by atoms with E-state index in [0.717, 1.165) is 25.9 Å². The predicted molar refractivity (Wildman–Crippen MR) is 64.7 cm³/mol. The number of rotatable bonds is 2. The van der Waals surface area contributed by atoms with Crippen LogP contribution in [0, 0.1) is 11.8 Å². The van der Waals surface area contributed by atoms with E-state index in [9.17, 15) is 4.79 Å². The summed E-state index contributed by atoms with van der Waals surface area (Å²) >= 11 is 0. The second-order valence-electron chi connectivity index (χ2n) is 5.04. The van der Waals surface area contributed by atoms with E-state index in [-0.39, 0.29) is 12.1 Å². The van der Waals surface area contributed by atoms with E-state index in [4.69, 9.17) is 4.74 Å². The largest absolute Gasteiger partial charge is 0.459 e. The van der Waals surface area contributed by atoms with Crippen LogP contribution in [0.2, 0.25) is 0 Å². The molecule has 2 aliphatic rings. The molecule has 0 radical (unpaired) electrons. The van der Waals surface area contributed by atoms with Crippen molar-refractivity contribution >= 4 is 5.97 Å². The highest BCUT2D eigenvalue weighted by Crippen LogP contribution is 2.36.